The van der Waals surface area contributed by atoms with Crippen LogP contribution in [-0.4, -0.2) is 23.5 Å². The van der Waals surface area contributed by atoms with Crippen molar-refractivity contribution in [1.29, 1.82) is 0 Å². The van der Waals surface area contributed by atoms with Gasteiger partial charge in [0, 0.05) is 10.2 Å². The number of halogens is 2. The summed E-state index contributed by atoms with van der Waals surface area (Å²) in [5.41, 5.74) is 0.493. The molecule has 1 rings (SSSR count). The second kappa shape index (κ2) is 5.90. The second-order valence-corrected chi connectivity index (χ2v) is 8.35. The lowest BCUT2D eigenvalue weighted by atomic mass is 10.0. The topological polar surface area (TPSA) is 54.4 Å². The summed E-state index contributed by atoms with van der Waals surface area (Å²) in [6.45, 7) is 3.18. The highest BCUT2D eigenvalue weighted by Gasteiger charge is 2.46. The van der Waals surface area contributed by atoms with Crippen molar-refractivity contribution < 1.29 is 13.5 Å². The van der Waals surface area contributed by atoms with E-state index in [9.17, 15) is 13.5 Å². The first-order chi connectivity index (χ1) is 8.28. The Hall–Kier alpha value is -0.100. The van der Waals surface area contributed by atoms with Gasteiger partial charge in [-0.1, -0.05) is 53.5 Å². The normalized spacial score (nSPS) is 17.2. The number of sulfone groups is 1. The molecular formula is C12H16BrClO3S. The highest BCUT2D eigenvalue weighted by atomic mass is 79.9. The lowest BCUT2D eigenvalue weighted by Gasteiger charge is -2.30. The van der Waals surface area contributed by atoms with Crippen LogP contribution in [0, 0.1) is 0 Å². The van der Waals surface area contributed by atoms with E-state index in [-0.39, 0.29) is 12.2 Å². The first kappa shape index (κ1) is 16.0. The predicted octanol–water partition coefficient (Wildman–Crippen LogP) is 3.26. The van der Waals surface area contributed by atoms with Crippen molar-refractivity contribution in [2.45, 2.75) is 30.6 Å². The molecule has 0 unspecified atom stereocenters. The number of hydrogen-bond donors (Lipinski definition) is 1. The first-order valence-corrected chi connectivity index (χ1v) is 8.45. The number of rotatable bonds is 5. The highest BCUT2D eigenvalue weighted by Crippen LogP contribution is 2.40. The maximum absolute atomic E-state index is 12.0. The van der Waals surface area contributed by atoms with Crippen LogP contribution in [0.25, 0.3) is 0 Å². The molecule has 6 heteroatoms. The highest BCUT2D eigenvalue weighted by molar-refractivity contribution is 9.10. The number of hydrogen-bond acceptors (Lipinski definition) is 3. The fraction of sp³-hybridized carbons (Fsp3) is 0.500. The van der Waals surface area contributed by atoms with Gasteiger partial charge in [-0.15, -0.1) is 0 Å². The van der Waals surface area contributed by atoms with Gasteiger partial charge in [0.25, 0.3) is 0 Å². The lowest BCUT2D eigenvalue weighted by Crippen LogP contribution is -2.39. The van der Waals surface area contributed by atoms with Gasteiger partial charge in [-0.3, -0.25) is 0 Å². The van der Waals surface area contributed by atoms with Crippen molar-refractivity contribution in [3.8, 4) is 0 Å². The van der Waals surface area contributed by atoms with Crippen LogP contribution < -0.4 is 0 Å². The Bertz CT molecular complexity index is 501. The molecule has 0 fully saturated rings. The minimum absolute atomic E-state index is 0.0993. The monoisotopic (exact) mass is 354 g/mol. The van der Waals surface area contributed by atoms with Crippen LogP contribution in [0.5, 0.6) is 0 Å². The summed E-state index contributed by atoms with van der Waals surface area (Å²) >= 11 is 9.47. The second-order valence-electron chi connectivity index (χ2n) is 4.00. The largest absolute Gasteiger partial charge is 0.385 e. The van der Waals surface area contributed by atoms with Gasteiger partial charge in [0.05, 0.1) is 0 Å². The Balaban J connectivity index is 3.21. The third-order valence-corrected chi connectivity index (χ3v) is 6.99. The molecule has 1 aromatic rings. The van der Waals surface area contributed by atoms with E-state index in [4.69, 9.17) is 11.6 Å². The fourth-order valence-electron chi connectivity index (χ4n) is 1.72. The summed E-state index contributed by atoms with van der Waals surface area (Å²) in [4.78, 5) is 0. The molecule has 0 aromatic heterocycles. The molecule has 2 atom stereocenters. The zero-order valence-electron chi connectivity index (χ0n) is 10.2. The van der Waals surface area contributed by atoms with E-state index in [1.807, 2.05) is 0 Å². The Labute approximate surface area is 121 Å². The molecule has 1 aromatic carbocycles. The standard InChI is InChI=1S/C12H16BrClO3S/c1-3-12(14,18(16,17)4-2)11(15)9-5-7-10(13)8-6-9/h5-8,11,15H,3-4H2,1-2H3/t11-,12+/m1/s1. The van der Waals surface area contributed by atoms with E-state index in [1.54, 1.807) is 31.2 Å². The number of benzene rings is 1. The molecular weight excluding hydrogens is 340 g/mol. The fourth-order valence-corrected chi connectivity index (χ4v) is 3.83. The molecule has 0 aliphatic carbocycles. The predicted molar refractivity (Wildman–Crippen MR) is 77.4 cm³/mol. The summed E-state index contributed by atoms with van der Waals surface area (Å²) in [7, 11) is -3.56. The van der Waals surface area contributed by atoms with Crippen LogP contribution in [0.1, 0.15) is 31.9 Å². The van der Waals surface area contributed by atoms with E-state index in [2.05, 4.69) is 15.9 Å². The summed E-state index contributed by atoms with van der Waals surface area (Å²) in [6, 6.07) is 6.80. The summed E-state index contributed by atoms with van der Waals surface area (Å²) in [5.74, 6) is -0.0993. The Morgan fingerprint density at radius 3 is 2.22 bits per heavy atom. The molecule has 18 heavy (non-hydrogen) atoms. The molecule has 3 nitrogen and oxygen atoms in total. The molecule has 1 N–H and O–H groups in total. The van der Waals surface area contributed by atoms with Crippen LogP contribution in [0.2, 0.25) is 0 Å². The molecule has 0 saturated heterocycles. The minimum Gasteiger partial charge on any atom is -0.385 e. The zero-order valence-corrected chi connectivity index (χ0v) is 13.4. The zero-order chi connectivity index (χ0) is 14.0. The van der Waals surface area contributed by atoms with Gasteiger partial charge in [-0.2, -0.15) is 0 Å². The molecule has 0 bridgehead atoms. The van der Waals surface area contributed by atoms with Crippen LogP contribution in [0.4, 0.5) is 0 Å². The minimum atomic E-state index is -3.56. The molecule has 0 radical (unpaired) electrons. The number of alkyl halides is 1. The lowest BCUT2D eigenvalue weighted by molar-refractivity contribution is 0.154. The number of aliphatic hydroxyl groups is 1. The van der Waals surface area contributed by atoms with Crippen LogP contribution in [0.15, 0.2) is 28.7 Å². The van der Waals surface area contributed by atoms with E-state index >= 15 is 0 Å². The molecule has 0 heterocycles. The maximum atomic E-state index is 12.0. The third kappa shape index (κ3) is 2.90. The van der Waals surface area contributed by atoms with Crippen molar-refractivity contribution in [2.75, 3.05) is 5.75 Å². The molecule has 0 aliphatic rings. The first-order valence-electron chi connectivity index (χ1n) is 5.63. The molecule has 0 amide bonds. The van der Waals surface area contributed by atoms with Crippen molar-refractivity contribution in [3.63, 3.8) is 0 Å². The van der Waals surface area contributed by atoms with Gasteiger partial charge < -0.3 is 5.11 Å². The van der Waals surface area contributed by atoms with Gasteiger partial charge in [0.2, 0.25) is 0 Å². The van der Waals surface area contributed by atoms with E-state index in [1.165, 1.54) is 6.92 Å². The van der Waals surface area contributed by atoms with Gasteiger partial charge in [-0.05, 0) is 24.1 Å². The van der Waals surface area contributed by atoms with Crippen molar-refractivity contribution in [3.05, 3.63) is 34.3 Å². The van der Waals surface area contributed by atoms with E-state index < -0.39 is 20.1 Å². The molecule has 0 spiro atoms. The van der Waals surface area contributed by atoms with Gasteiger partial charge in [0.15, 0.2) is 14.0 Å². The van der Waals surface area contributed by atoms with Crippen molar-refractivity contribution in [1.82, 2.24) is 0 Å². The van der Waals surface area contributed by atoms with Gasteiger partial charge in [-0.25, -0.2) is 8.42 Å². The van der Waals surface area contributed by atoms with Crippen LogP contribution in [0.3, 0.4) is 0 Å². The Morgan fingerprint density at radius 2 is 1.83 bits per heavy atom. The van der Waals surface area contributed by atoms with Gasteiger partial charge >= 0.3 is 0 Å². The maximum Gasteiger partial charge on any atom is 0.175 e. The van der Waals surface area contributed by atoms with E-state index in [0.29, 0.717) is 5.56 Å². The van der Waals surface area contributed by atoms with E-state index in [0.717, 1.165) is 4.47 Å². The van der Waals surface area contributed by atoms with Crippen LogP contribution >= 0.6 is 27.5 Å². The summed E-state index contributed by atoms with van der Waals surface area (Å²) in [5, 5.41) is 10.3. The molecule has 0 saturated carbocycles. The Morgan fingerprint density at radius 1 is 1.33 bits per heavy atom. The smallest absolute Gasteiger partial charge is 0.175 e. The quantitative estimate of drug-likeness (QED) is 0.825. The summed E-state index contributed by atoms with van der Waals surface area (Å²) in [6.07, 6.45) is -1.11. The van der Waals surface area contributed by atoms with Crippen molar-refractivity contribution >= 4 is 37.4 Å². The Kier molecular flexibility index (Phi) is 5.23. The average Bonchev–Trinajstić information content (AvgIpc) is 2.37. The third-order valence-electron chi connectivity index (χ3n) is 2.97. The average molecular weight is 356 g/mol. The van der Waals surface area contributed by atoms with Gasteiger partial charge in [0.1, 0.15) is 6.10 Å². The number of aliphatic hydroxyl groups excluding tert-OH is 1. The molecule has 0 aliphatic heterocycles. The SMILES string of the molecule is CC[C@@](Cl)([C@H](O)c1ccc(Br)cc1)S(=O)(=O)CC. The molecule has 102 valence electrons. The van der Waals surface area contributed by atoms with Crippen LogP contribution in [-0.2, 0) is 9.84 Å². The summed E-state index contributed by atoms with van der Waals surface area (Å²) < 4.78 is 23.2. The van der Waals surface area contributed by atoms with Crippen molar-refractivity contribution in [2.24, 2.45) is 0 Å².